The normalized spacial score (nSPS) is 10.6. The van der Waals surface area contributed by atoms with Crippen molar-refractivity contribution in [2.45, 2.75) is 65.2 Å². The molecule has 0 radical (unpaired) electrons. The van der Waals surface area contributed by atoms with Gasteiger partial charge in [0.2, 0.25) is 11.8 Å². The standard InChI is InChI=1S/C18H28N2O2/c1-3-5-7-9-13-11-12-15(17(19)21)14(10-8-6-4-2)16(13)18(20)22/h11-12H,3-10H2,1-2H3,(H2,19,21)(H2,20,22). The predicted molar refractivity (Wildman–Crippen MR) is 89.9 cm³/mol. The number of carbonyl (C=O) groups excluding carboxylic acids is 2. The number of nitrogens with two attached hydrogens (primary N) is 2. The summed E-state index contributed by atoms with van der Waals surface area (Å²) < 4.78 is 0. The minimum absolute atomic E-state index is 0.434. The quantitative estimate of drug-likeness (QED) is 0.649. The minimum Gasteiger partial charge on any atom is -0.366 e. The highest BCUT2D eigenvalue weighted by atomic mass is 16.1. The smallest absolute Gasteiger partial charge is 0.249 e. The summed E-state index contributed by atoms with van der Waals surface area (Å²) in [5.41, 5.74) is 13.7. The number of benzene rings is 1. The summed E-state index contributed by atoms with van der Waals surface area (Å²) in [5.74, 6) is -0.949. The fourth-order valence-electron chi connectivity index (χ4n) is 2.82. The van der Waals surface area contributed by atoms with Crippen molar-refractivity contribution in [3.63, 3.8) is 0 Å². The number of hydrogen-bond donors (Lipinski definition) is 2. The molecule has 0 saturated heterocycles. The van der Waals surface area contributed by atoms with Crippen molar-refractivity contribution in [2.24, 2.45) is 11.5 Å². The fourth-order valence-corrected chi connectivity index (χ4v) is 2.82. The minimum atomic E-state index is -0.492. The molecular formula is C18H28N2O2. The van der Waals surface area contributed by atoms with Gasteiger partial charge in [0.15, 0.2) is 0 Å². The molecule has 4 N–H and O–H groups in total. The van der Waals surface area contributed by atoms with Crippen LogP contribution >= 0.6 is 0 Å². The molecule has 0 atom stereocenters. The Bertz CT molecular complexity index is 524. The van der Waals surface area contributed by atoms with Crippen LogP contribution in [0.4, 0.5) is 0 Å². The van der Waals surface area contributed by atoms with Gasteiger partial charge in [-0.25, -0.2) is 0 Å². The zero-order valence-corrected chi connectivity index (χ0v) is 13.8. The fraction of sp³-hybridized carbons (Fsp3) is 0.556. The lowest BCUT2D eigenvalue weighted by molar-refractivity contribution is 0.0998. The van der Waals surface area contributed by atoms with Crippen molar-refractivity contribution in [1.82, 2.24) is 0 Å². The zero-order chi connectivity index (χ0) is 16.5. The maximum absolute atomic E-state index is 12.0. The zero-order valence-electron chi connectivity index (χ0n) is 13.8. The maximum atomic E-state index is 12.0. The molecule has 0 saturated carbocycles. The number of aryl methyl sites for hydroxylation is 1. The average molecular weight is 304 g/mol. The summed E-state index contributed by atoms with van der Waals surface area (Å²) in [7, 11) is 0. The molecule has 2 amide bonds. The first-order valence-electron chi connectivity index (χ1n) is 8.27. The summed E-state index contributed by atoms with van der Waals surface area (Å²) in [5, 5.41) is 0. The molecule has 22 heavy (non-hydrogen) atoms. The lowest BCUT2D eigenvalue weighted by Gasteiger charge is -2.15. The molecule has 1 aromatic rings. The van der Waals surface area contributed by atoms with E-state index in [-0.39, 0.29) is 0 Å². The van der Waals surface area contributed by atoms with Gasteiger partial charge in [-0.2, -0.15) is 0 Å². The van der Waals surface area contributed by atoms with E-state index in [1.54, 1.807) is 6.07 Å². The van der Waals surface area contributed by atoms with E-state index in [1.165, 1.54) is 0 Å². The molecule has 122 valence electrons. The Hall–Kier alpha value is -1.84. The maximum Gasteiger partial charge on any atom is 0.249 e. The van der Waals surface area contributed by atoms with Gasteiger partial charge in [0, 0.05) is 11.1 Å². The van der Waals surface area contributed by atoms with Gasteiger partial charge < -0.3 is 11.5 Å². The van der Waals surface area contributed by atoms with Crippen LogP contribution in [-0.4, -0.2) is 11.8 Å². The lowest BCUT2D eigenvalue weighted by Crippen LogP contribution is -2.22. The largest absolute Gasteiger partial charge is 0.366 e. The van der Waals surface area contributed by atoms with Crippen LogP contribution in [-0.2, 0) is 12.8 Å². The first kappa shape index (κ1) is 18.2. The van der Waals surface area contributed by atoms with Crippen LogP contribution in [0.5, 0.6) is 0 Å². The van der Waals surface area contributed by atoms with Crippen molar-refractivity contribution in [1.29, 1.82) is 0 Å². The van der Waals surface area contributed by atoms with Gasteiger partial charge >= 0.3 is 0 Å². The van der Waals surface area contributed by atoms with Crippen LogP contribution in [0.3, 0.4) is 0 Å². The third-order valence-corrected chi connectivity index (χ3v) is 3.99. The van der Waals surface area contributed by atoms with Crippen LogP contribution in [0.15, 0.2) is 12.1 Å². The van der Waals surface area contributed by atoms with Crippen LogP contribution in [0.1, 0.15) is 84.2 Å². The second-order valence-corrected chi connectivity index (χ2v) is 5.77. The van der Waals surface area contributed by atoms with Crippen molar-refractivity contribution in [3.8, 4) is 0 Å². The van der Waals surface area contributed by atoms with Crippen LogP contribution in [0.25, 0.3) is 0 Å². The van der Waals surface area contributed by atoms with Crippen molar-refractivity contribution in [3.05, 3.63) is 34.4 Å². The van der Waals surface area contributed by atoms with E-state index >= 15 is 0 Å². The van der Waals surface area contributed by atoms with Gasteiger partial charge in [-0.15, -0.1) is 0 Å². The molecule has 1 aromatic carbocycles. The topological polar surface area (TPSA) is 86.2 Å². The van der Waals surface area contributed by atoms with Crippen LogP contribution in [0.2, 0.25) is 0 Å². The molecule has 0 aliphatic heterocycles. The van der Waals surface area contributed by atoms with Crippen molar-refractivity contribution < 1.29 is 9.59 Å². The monoisotopic (exact) mass is 304 g/mol. The SMILES string of the molecule is CCCCCc1ccc(C(N)=O)c(CCCCC)c1C(N)=O. The van der Waals surface area contributed by atoms with E-state index in [4.69, 9.17) is 11.5 Å². The summed E-state index contributed by atoms with van der Waals surface area (Å²) >= 11 is 0. The molecule has 1 rings (SSSR count). The molecule has 0 bridgehead atoms. The van der Waals surface area contributed by atoms with Gasteiger partial charge in [0.25, 0.3) is 0 Å². The van der Waals surface area contributed by atoms with E-state index in [1.807, 2.05) is 6.07 Å². The van der Waals surface area contributed by atoms with E-state index < -0.39 is 11.8 Å². The first-order chi connectivity index (χ1) is 10.5. The molecule has 0 aromatic heterocycles. The molecule has 0 fully saturated rings. The Morgan fingerprint density at radius 1 is 0.864 bits per heavy atom. The Morgan fingerprint density at radius 2 is 1.45 bits per heavy atom. The molecule has 0 unspecified atom stereocenters. The summed E-state index contributed by atoms with van der Waals surface area (Å²) in [4.78, 5) is 23.6. The van der Waals surface area contributed by atoms with E-state index in [9.17, 15) is 9.59 Å². The summed E-state index contributed by atoms with van der Waals surface area (Å²) in [6, 6.07) is 3.58. The molecule has 0 heterocycles. The van der Waals surface area contributed by atoms with Gasteiger partial charge in [0.05, 0.1) is 0 Å². The predicted octanol–water partition coefficient (Wildman–Crippen LogP) is 3.35. The highest BCUT2D eigenvalue weighted by molar-refractivity contribution is 6.02. The van der Waals surface area contributed by atoms with Crippen LogP contribution < -0.4 is 11.5 Å². The van der Waals surface area contributed by atoms with Gasteiger partial charge in [0.1, 0.15) is 0 Å². The molecule has 4 nitrogen and oxygen atoms in total. The summed E-state index contributed by atoms with van der Waals surface area (Å²) in [6.07, 6.45) is 7.79. The second-order valence-electron chi connectivity index (χ2n) is 5.77. The first-order valence-corrected chi connectivity index (χ1v) is 8.27. The Balaban J connectivity index is 3.21. The number of carbonyl (C=O) groups is 2. The lowest BCUT2D eigenvalue weighted by atomic mass is 9.89. The van der Waals surface area contributed by atoms with Crippen molar-refractivity contribution >= 4 is 11.8 Å². The van der Waals surface area contributed by atoms with E-state index in [0.29, 0.717) is 17.5 Å². The van der Waals surface area contributed by atoms with Gasteiger partial charge in [-0.3, -0.25) is 9.59 Å². The Labute approximate surface area is 133 Å². The van der Waals surface area contributed by atoms with Crippen LogP contribution in [0, 0.1) is 0 Å². The number of rotatable bonds is 10. The number of hydrogen-bond acceptors (Lipinski definition) is 2. The highest BCUT2D eigenvalue weighted by Gasteiger charge is 2.19. The third-order valence-electron chi connectivity index (χ3n) is 3.99. The second kappa shape index (κ2) is 9.23. The average Bonchev–Trinajstić information content (AvgIpc) is 2.47. The number of primary amides is 2. The van der Waals surface area contributed by atoms with Gasteiger partial charge in [-0.1, -0.05) is 45.6 Å². The number of unbranched alkanes of at least 4 members (excludes halogenated alkanes) is 4. The van der Waals surface area contributed by atoms with E-state index in [0.717, 1.165) is 56.1 Å². The highest BCUT2D eigenvalue weighted by Crippen LogP contribution is 2.23. The molecule has 4 heteroatoms. The van der Waals surface area contributed by atoms with E-state index in [2.05, 4.69) is 13.8 Å². The Morgan fingerprint density at radius 3 is 1.95 bits per heavy atom. The molecule has 0 spiro atoms. The molecule has 0 aliphatic rings. The summed E-state index contributed by atoms with van der Waals surface area (Å²) in [6.45, 7) is 4.26. The molecule has 0 aliphatic carbocycles. The van der Waals surface area contributed by atoms with Crippen molar-refractivity contribution in [2.75, 3.05) is 0 Å². The van der Waals surface area contributed by atoms with Gasteiger partial charge in [-0.05, 0) is 42.9 Å². The third kappa shape index (κ3) is 4.86. The Kier molecular flexibility index (Phi) is 7.64. The number of amides is 2. The molecular weight excluding hydrogens is 276 g/mol.